The Hall–Kier alpha value is -1.14. The second-order valence-electron chi connectivity index (χ2n) is 6.55. The van der Waals surface area contributed by atoms with Crippen molar-refractivity contribution in [2.75, 3.05) is 33.3 Å². The van der Waals surface area contributed by atoms with Gasteiger partial charge in [-0.15, -0.1) is 0 Å². The lowest BCUT2D eigenvalue weighted by atomic mass is 9.83. The third kappa shape index (κ3) is 5.93. The number of nitrogens with one attached hydrogen (secondary N) is 1. The van der Waals surface area contributed by atoms with Crippen molar-refractivity contribution in [2.24, 2.45) is 17.8 Å². The number of hydrogen-bond acceptors (Lipinski definition) is 4. The first-order valence-electron chi connectivity index (χ1n) is 8.14. The smallest absolute Gasteiger partial charge is 0.290 e. The fraction of sp³-hybridized carbons (Fsp3) is 0.875. The summed E-state index contributed by atoms with van der Waals surface area (Å²) < 4.78 is 5.86. The number of carboxylic acid groups (broad SMARTS) is 1. The highest BCUT2D eigenvalue weighted by Gasteiger charge is 2.41. The van der Waals surface area contributed by atoms with E-state index in [0.29, 0.717) is 18.3 Å². The molecule has 0 bridgehead atoms. The summed E-state index contributed by atoms with van der Waals surface area (Å²) in [5.74, 6) is 2.11. The van der Waals surface area contributed by atoms with Crippen molar-refractivity contribution >= 4 is 12.4 Å². The predicted molar refractivity (Wildman–Crippen MR) is 84.6 cm³/mol. The number of nitrogens with zero attached hydrogens (tertiary/aromatic N) is 1. The van der Waals surface area contributed by atoms with Crippen molar-refractivity contribution in [1.82, 2.24) is 10.2 Å². The summed E-state index contributed by atoms with van der Waals surface area (Å²) in [4.78, 5) is 22.4. The molecule has 1 amide bonds. The minimum atomic E-state index is -0.250. The first-order valence-corrected chi connectivity index (χ1v) is 8.14. The molecule has 22 heavy (non-hydrogen) atoms. The first kappa shape index (κ1) is 18.9. The molecule has 2 N–H and O–H groups in total. The number of likely N-dealkylation sites (tertiary alicyclic amines) is 1. The topological polar surface area (TPSA) is 78.9 Å². The molecular weight excluding hydrogens is 284 g/mol. The van der Waals surface area contributed by atoms with Crippen LogP contribution in [0.2, 0.25) is 0 Å². The van der Waals surface area contributed by atoms with Crippen molar-refractivity contribution in [3.8, 4) is 0 Å². The molecule has 0 aromatic carbocycles. The van der Waals surface area contributed by atoms with E-state index in [1.165, 1.54) is 25.9 Å². The maximum absolute atomic E-state index is 11.5. The summed E-state index contributed by atoms with van der Waals surface area (Å²) >= 11 is 0. The molecule has 2 aliphatic heterocycles. The molecule has 3 atom stereocenters. The van der Waals surface area contributed by atoms with Gasteiger partial charge in [0.1, 0.15) is 0 Å². The highest BCUT2D eigenvalue weighted by molar-refractivity contribution is 5.76. The average Bonchev–Trinajstić information content (AvgIpc) is 2.88. The number of ether oxygens (including phenoxy) is 1. The van der Waals surface area contributed by atoms with Gasteiger partial charge in [-0.2, -0.15) is 0 Å². The Balaban J connectivity index is 0.000000745. The number of fused-ring (bicyclic) bond motifs is 1. The molecule has 0 aromatic rings. The van der Waals surface area contributed by atoms with Gasteiger partial charge in [-0.25, -0.2) is 0 Å². The first-order chi connectivity index (χ1) is 10.5. The lowest BCUT2D eigenvalue weighted by molar-refractivity contribution is -0.124. The van der Waals surface area contributed by atoms with E-state index in [0.717, 1.165) is 19.1 Å². The van der Waals surface area contributed by atoms with E-state index in [-0.39, 0.29) is 18.5 Å². The van der Waals surface area contributed by atoms with E-state index in [2.05, 4.69) is 24.1 Å². The zero-order valence-electron chi connectivity index (χ0n) is 14.0. The highest BCUT2D eigenvalue weighted by atomic mass is 16.5. The van der Waals surface area contributed by atoms with E-state index >= 15 is 0 Å². The van der Waals surface area contributed by atoms with Crippen LogP contribution < -0.4 is 5.32 Å². The minimum absolute atomic E-state index is 0.105. The van der Waals surface area contributed by atoms with Crippen LogP contribution in [0.25, 0.3) is 0 Å². The van der Waals surface area contributed by atoms with Crippen molar-refractivity contribution in [2.45, 2.75) is 39.2 Å². The molecule has 128 valence electrons. The Bertz CT molecular complexity index is 349. The maximum atomic E-state index is 11.5. The zero-order chi connectivity index (χ0) is 16.5. The van der Waals surface area contributed by atoms with Gasteiger partial charge in [0.2, 0.25) is 5.91 Å². The zero-order valence-corrected chi connectivity index (χ0v) is 14.0. The maximum Gasteiger partial charge on any atom is 0.290 e. The van der Waals surface area contributed by atoms with Crippen molar-refractivity contribution in [3.05, 3.63) is 0 Å². The predicted octanol–water partition coefficient (Wildman–Crippen LogP) is 1.21. The van der Waals surface area contributed by atoms with Crippen LogP contribution in [0, 0.1) is 17.8 Å². The molecule has 2 heterocycles. The van der Waals surface area contributed by atoms with E-state index in [9.17, 15) is 4.79 Å². The Labute approximate surface area is 133 Å². The van der Waals surface area contributed by atoms with Gasteiger partial charge in [0.15, 0.2) is 0 Å². The van der Waals surface area contributed by atoms with Gasteiger partial charge in [-0.3, -0.25) is 9.59 Å². The molecule has 0 aliphatic carbocycles. The van der Waals surface area contributed by atoms with Crippen LogP contribution in [-0.2, 0) is 14.3 Å². The summed E-state index contributed by atoms with van der Waals surface area (Å²) in [7, 11) is 1.70. The molecule has 0 saturated carbocycles. The highest BCUT2D eigenvalue weighted by Crippen LogP contribution is 2.35. The Morgan fingerprint density at radius 3 is 2.77 bits per heavy atom. The molecule has 0 radical (unpaired) electrons. The number of rotatable bonds is 5. The van der Waals surface area contributed by atoms with Gasteiger partial charge in [0, 0.05) is 19.5 Å². The summed E-state index contributed by atoms with van der Waals surface area (Å²) in [5, 5.41) is 9.59. The lowest BCUT2D eigenvalue weighted by Crippen LogP contribution is -2.42. The molecule has 2 rings (SSSR count). The minimum Gasteiger partial charge on any atom is -0.483 e. The SMILES string of the molecule is CNC(=O)C[C@@H]1OC[C@H]2CN(CCC(C)C)CC[C@H]21.O=CO. The Morgan fingerprint density at radius 2 is 2.18 bits per heavy atom. The summed E-state index contributed by atoms with van der Waals surface area (Å²) in [6.07, 6.45) is 3.14. The number of carbonyl (C=O) groups excluding carboxylic acids is 1. The van der Waals surface area contributed by atoms with Crippen LogP contribution in [0.1, 0.15) is 33.1 Å². The second kappa shape index (κ2) is 9.79. The van der Waals surface area contributed by atoms with Crippen LogP contribution in [0.4, 0.5) is 0 Å². The van der Waals surface area contributed by atoms with Crippen molar-refractivity contribution in [3.63, 3.8) is 0 Å². The molecule has 6 heteroatoms. The van der Waals surface area contributed by atoms with E-state index in [1.54, 1.807) is 7.05 Å². The monoisotopic (exact) mass is 314 g/mol. The number of piperidine rings is 1. The fourth-order valence-electron chi connectivity index (χ4n) is 3.30. The molecule has 0 unspecified atom stereocenters. The quantitative estimate of drug-likeness (QED) is 0.746. The molecule has 0 spiro atoms. The lowest BCUT2D eigenvalue weighted by Gasteiger charge is -2.35. The van der Waals surface area contributed by atoms with Gasteiger partial charge < -0.3 is 20.1 Å². The number of amides is 1. The van der Waals surface area contributed by atoms with Gasteiger partial charge in [0.05, 0.1) is 19.1 Å². The largest absolute Gasteiger partial charge is 0.483 e. The van der Waals surface area contributed by atoms with E-state index in [4.69, 9.17) is 14.6 Å². The second-order valence-corrected chi connectivity index (χ2v) is 6.55. The third-order valence-electron chi connectivity index (χ3n) is 4.57. The summed E-state index contributed by atoms with van der Waals surface area (Å²) in [6.45, 7) is 8.68. The van der Waals surface area contributed by atoms with Crippen LogP contribution in [0.15, 0.2) is 0 Å². The molecule has 2 fully saturated rings. The summed E-state index contributed by atoms with van der Waals surface area (Å²) in [5.41, 5.74) is 0. The van der Waals surface area contributed by atoms with Crippen LogP contribution in [0.5, 0.6) is 0 Å². The third-order valence-corrected chi connectivity index (χ3v) is 4.57. The van der Waals surface area contributed by atoms with Crippen molar-refractivity contribution in [1.29, 1.82) is 0 Å². The Morgan fingerprint density at radius 1 is 1.50 bits per heavy atom. The van der Waals surface area contributed by atoms with Crippen molar-refractivity contribution < 1.29 is 19.4 Å². The molecule has 0 aromatic heterocycles. The standard InChI is InChI=1S/C15H28N2O2.CH2O2/c1-11(2)4-6-17-7-5-13-12(9-17)10-19-14(13)8-15(18)16-3;2-1-3/h11-14H,4-10H2,1-3H3,(H,16,18);1H,(H,2,3)/t12-,13-,14+;/m1./s1. The van der Waals surface area contributed by atoms with E-state index in [1.807, 2.05) is 0 Å². The molecule has 6 nitrogen and oxygen atoms in total. The number of hydrogen-bond donors (Lipinski definition) is 2. The van der Waals surface area contributed by atoms with Gasteiger partial charge in [-0.1, -0.05) is 13.8 Å². The summed E-state index contributed by atoms with van der Waals surface area (Å²) in [6, 6.07) is 0. The average molecular weight is 314 g/mol. The molecule has 2 aliphatic rings. The molecule has 2 saturated heterocycles. The normalized spacial score (nSPS) is 27.7. The Kier molecular flexibility index (Phi) is 8.42. The number of carbonyl (C=O) groups is 2. The van der Waals surface area contributed by atoms with Crippen LogP contribution in [0.3, 0.4) is 0 Å². The molecular formula is C16H30N2O4. The van der Waals surface area contributed by atoms with Gasteiger partial charge >= 0.3 is 0 Å². The fourth-order valence-corrected chi connectivity index (χ4v) is 3.30. The van der Waals surface area contributed by atoms with Gasteiger partial charge in [0.25, 0.3) is 6.47 Å². The van der Waals surface area contributed by atoms with Gasteiger partial charge in [-0.05, 0) is 37.8 Å². The van der Waals surface area contributed by atoms with Crippen LogP contribution >= 0.6 is 0 Å². The van der Waals surface area contributed by atoms with Crippen LogP contribution in [-0.4, -0.2) is 61.8 Å². The van der Waals surface area contributed by atoms with E-state index < -0.39 is 0 Å².